The molecule has 126 valence electrons. The summed E-state index contributed by atoms with van der Waals surface area (Å²) in [5.74, 6) is 0.611. The Labute approximate surface area is 141 Å². The van der Waals surface area contributed by atoms with E-state index in [9.17, 15) is 9.90 Å². The number of halogens is 1. The molecule has 1 aliphatic heterocycles. The second kappa shape index (κ2) is 7.51. The zero-order valence-electron chi connectivity index (χ0n) is 13.0. The van der Waals surface area contributed by atoms with E-state index < -0.39 is 0 Å². The Balaban J connectivity index is 1.62. The number of hydrogen-bond acceptors (Lipinski definition) is 4. The van der Waals surface area contributed by atoms with Gasteiger partial charge in [-0.05, 0) is 31.0 Å². The van der Waals surface area contributed by atoms with Crippen molar-refractivity contribution in [1.82, 2.24) is 4.90 Å². The SMILES string of the molecule is O=C(COc1cccc(Cl)c1)N1CCOC[C@@H]1[C@H]1CCC[C@H]1O. The number of rotatable bonds is 4. The Bertz CT molecular complexity index is 553. The summed E-state index contributed by atoms with van der Waals surface area (Å²) in [4.78, 5) is 14.4. The van der Waals surface area contributed by atoms with Gasteiger partial charge < -0.3 is 19.5 Å². The number of carbonyl (C=O) groups excluding carboxylic acids is 1. The summed E-state index contributed by atoms with van der Waals surface area (Å²) < 4.78 is 11.1. The average Bonchev–Trinajstić information content (AvgIpc) is 2.98. The molecule has 5 nitrogen and oxygen atoms in total. The number of ether oxygens (including phenoxy) is 2. The van der Waals surface area contributed by atoms with Gasteiger partial charge >= 0.3 is 0 Å². The number of hydrogen-bond donors (Lipinski definition) is 1. The fourth-order valence-corrected chi connectivity index (χ4v) is 3.67. The molecule has 3 rings (SSSR count). The molecule has 3 atom stereocenters. The van der Waals surface area contributed by atoms with Crippen LogP contribution in [-0.4, -0.2) is 54.4 Å². The number of carbonyl (C=O) groups is 1. The van der Waals surface area contributed by atoms with Crippen LogP contribution in [-0.2, 0) is 9.53 Å². The van der Waals surface area contributed by atoms with Crippen molar-refractivity contribution in [2.24, 2.45) is 5.92 Å². The third kappa shape index (κ3) is 3.97. The molecule has 0 unspecified atom stereocenters. The number of nitrogens with zero attached hydrogens (tertiary/aromatic N) is 1. The first-order valence-electron chi connectivity index (χ1n) is 8.09. The summed E-state index contributed by atoms with van der Waals surface area (Å²) in [6.45, 7) is 1.54. The molecule has 0 radical (unpaired) electrons. The highest BCUT2D eigenvalue weighted by Crippen LogP contribution is 2.32. The van der Waals surface area contributed by atoms with Gasteiger partial charge in [0.15, 0.2) is 6.61 Å². The topological polar surface area (TPSA) is 59.0 Å². The van der Waals surface area contributed by atoms with Crippen LogP contribution >= 0.6 is 11.6 Å². The highest BCUT2D eigenvalue weighted by atomic mass is 35.5. The molecule has 1 amide bonds. The van der Waals surface area contributed by atoms with E-state index in [4.69, 9.17) is 21.1 Å². The minimum atomic E-state index is -0.342. The summed E-state index contributed by atoms with van der Waals surface area (Å²) in [5.41, 5.74) is 0. The van der Waals surface area contributed by atoms with E-state index in [2.05, 4.69) is 0 Å². The van der Waals surface area contributed by atoms with Crippen molar-refractivity contribution in [3.05, 3.63) is 29.3 Å². The van der Waals surface area contributed by atoms with Crippen LogP contribution in [0.2, 0.25) is 5.02 Å². The predicted octanol–water partition coefficient (Wildman–Crippen LogP) is 2.11. The van der Waals surface area contributed by atoms with Gasteiger partial charge in [0.05, 0.1) is 25.4 Å². The van der Waals surface area contributed by atoms with Crippen molar-refractivity contribution in [2.75, 3.05) is 26.4 Å². The molecular weight excluding hydrogens is 318 g/mol. The van der Waals surface area contributed by atoms with E-state index in [1.807, 2.05) is 4.90 Å². The van der Waals surface area contributed by atoms with Crippen LogP contribution in [0, 0.1) is 5.92 Å². The lowest BCUT2D eigenvalue weighted by Crippen LogP contribution is -2.54. The van der Waals surface area contributed by atoms with Gasteiger partial charge in [0.1, 0.15) is 5.75 Å². The van der Waals surface area contributed by atoms with E-state index in [1.165, 1.54) is 0 Å². The molecule has 1 saturated carbocycles. The first-order chi connectivity index (χ1) is 11.1. The summed E-state index contributed by atoms with van der Waals surface area (Å²) in [6.07, 6.45) is 2.41. The van der Waals surface area contributed by atoms with Crippen LogP contribution < -0.4 is 4.74 Å². The van der Waals surface area contributed by atoms with Crippen LogP contribution in [0.5, 0.6) is 5.75 Å². The van der Waals surface area contributed by atoms with Crippen molar-refractivity contribution in [3.63, 3.8) is 0 Å². The normalized spacial score (nSPS) is 27.9. The molecule has 1 aliphatic carbocycles. The molecule has 1 aromatic rings. The molecule has 0 aromatic heterocycles. The number of aliphatic hydroxyl groups is 1. The molecule has 6 heteroatoms. The smallest absolute Gasteiger partial charge is 0.260 e. The third-order valence-corrected chi connectivity index (χ3v) is 4.91. The molecule has 2 fully saturated rings. The Morgan fingerprint density at radius 3 is 3.04 bits per heavy atom. The van der Waals surface area contributed by atoms with E-state index in [-0.39, 0.29) is 30.6 Å². The molecule has 23 heavy (non-hydrogen) atoms. The predicted molar refractivity (Wildman–Crippen MR) is 86.6 cm³/mol. The Hall–Kier alpha value is -1.30. The van der Waals surface area contributed by atoms with Crippen LogP contribution in [0.1, 0.15) is 19.3 Å². The zero-order chi connectivity index (χ0) is 16.2. The van der Waals surface area contributed by atoms with Gasteiger partial charge in [-0.3, -0.25) is 4.79 Å². The summed E-state index contributed by atoms with van der Waals surface area (Å²) in [5, 5.41) is 10.7. The van der Waals surface area contributed by atoms with Crippen molar-refractivity contribution >= 4 is 17.5 Å². The van der Waals surface area contributed by atoms with Crippen LogP contribution in [0.3, 0.4) is 0 Å². The maximum Gasteiger partial charge on any atom is 0.260 e. The second-order valence-corrected chi connectivity index (χ2v) is 6.57. The molecule has 0 spiro atoms. The number of benzene rings is 1. The van der Waals surface area contributed by atoms with E-state index >= 15 is 0 Å². The molecule has 1 aromatic carbocycles. The molecule has 1 saturated heterocycles. The van der Waals surface area contributed by atoms with Gasteiger partial charge in [-0.25, -0.2) is 0 Å². The molecule has 0 bridgehead atoms. The maximum atomic E-state index is 12.6. The largest absolute Gasteiger partial charge is 0.484 e. The van der Waals surface area contributed by atoms with E-state index in [0.717, 1.165) is 19.3 Å². The Kier molecular flexibility index (Phi) is 5.41. The molecular formula is C17H22ClNO4. The minimum absolute atomic E-state index is 0.0281. The first kappa shape index (κ1) is 16.6. The number of amides is 1. The van der Waals surface area contributed by atoms with Crippen molar-refractivity contribution < 1.29 is 19.4 Å². The van der Waals surface area contributed by atoms with Crippen LogP contribution in [0.25, 0.3) is 0 Å². The van der Waals surface area contributed by atoms with Gasteiger partial charge in [-0.15, -0.1) is 0 Å². The number of aliphatic hydroxyl groups excluding tert-OH is 1. The van der Waals surface area contributed by atoms with Gasteiger partial charge in [0, 0.05) is 17.5 Å². The van der Waals surface area contributed by atoms with Gasteiger partial charge in [-0.2, -0.15) is 0 Å². The lowest BCUT2D eigenvalue weighted by molar-refractivity contribution is -0.146. The second-order valence-electron chi connectivity index (χ2n) is 6.14. The zero-order valence-corrected chi connectivity index (χ0v) is 13.7. The lowest BCUT2D eigenvalue weighted by Gasteiger charge is -2.40. The third-order valence-electron chi connectivity index (χ3n) is 4.67. The summed E-state index contributed by atoms with van der Waals surface area (Å²) in [6, 6.07) is 6.95. The van der Waals surface area contributed by atoms with Crippen LogP contribution in [0.15, 0.2) is 24.3 Å². The minimum Gasteiger partial charge on any atom is -0.484 e. The van der Waals surface area contributed by atoms with Gasteiger partial charge in [0.2, 0.25) is 0 Å². The highest BCUT2D eigenvalue weighted by Gasteiger charge is 2.39. The first-order valence-corrected chi connectivity index (χ1v) is 8.46. The Morgan fingerprint density at radius 1 is 1.43 bits per heavy atom. The van der Waals surface area contributed by atoms with Gasteiger partial charge in [0.25, 0.3) is 5.91 Å². The molecule has 1 heterocycles. The monoisotopic (exact) mass is 339 g/mol. The molecule has 2 aliphatic rings. The van der Waals surface area contributed by atoms with Crippen molar-refractivity contribution in [3.8, 4) is 5.75 Å². The standard InChI is InChI=1S/C17H22ClNO4/c18-12-3-1-4-13(9-12)23-11-17(21)19-7-8-22-10-15(19)14-5-2-6-16(14)20/h1,3-4,9,14-16,20H,2,5-8,10-11H2/t14-,15-,16-/m1/s1. The van der Waals surface area contributed by atoms with E-state index in [1.54, 1.807) is 24.3 Å². The maximum absolute atomic E-state index is 12.6. The van der Waals surface area contributed by atoms with Gasteiger partial charge in [-0.1, -0.05) is 24.1 Å². The summed E-state index contributed by atoms with van der Waals surface area (Å²) >= 11 is 5.91. The van der Waals surface area contributed by atoms with E-state index in [0.29, 0.717) is 30.5 Å². The van der Waals surface area contributed by atoms with Crippen molar-refractivity contribution in [1.29, 1.82) is 0 Å². The fourth-order valence-electron chi connectivity index (χ4n) is 3.49. The number of morpholine rings is 1. The quantitative estimate of drug-likeness (QED) is 0.912. The average molecular weight is 340 g/mol. The van der Waals surface area contributed by atoms with Crippen molar-refractivity contribution in [2.45, 2.75) is 31.4 Å². The highest BCUT2D eigenvalue weighted by molar-refractivity contribution is 6.30. The summed E-state index contributed by atoms with van der Waals surface area (Å²) in [7, 11) is 0. The molecule has 1 N–H and O–H groups in total. The lowest BCUT2D eigenvalue weighted by atomic mass is 9.94. The van der Waals surface area contributed by atoms with Crippen LogP contribution in [0.4, 0.5) is 0 Å². The Morgan fingerprint density at radius 2 is 2.30 bits per heavy atom. The fraction of sp³-hybridized carbons (Fsp3) is 0.588.